The highest BCUT2D eigenvalue weighted by molar-refractivity contribution is 5.74. The SMILES string of the molecule is O=C(NCCC1CCCCC1)N1CCC(c2nnc3ccccn23)CC1. The minimum absolute atomic E-state index is 0.102. The van der Waals surface area contributed by atoms with Crippen LogP contribution in [0.1, 0.15) is 63.1 Å². The first kappa shape index (κ1) is 17.3. The summed E-state index contributed by atoms with van der Waals surface area (Å²) in [7, 11) is 0. The summed E-state index contributed by atoms with van der Waals surface area (Å²) in [5.41, 5.74) is 0.894. The number of amides is 2. The third-order valence-corrected chi connectivity index (χ3v) is 6.04. The lowest BCUT2D eigenvalue weighted by Gasteiger charge is -2.31. The standard InChI is InChI=1S/C20H29N5O/c26-20(21-12-9-16-6-2-1-3-7-16)24-14-10-17(11-15-24)19-23-22-18-8-4-5-13-25(18)19/h4-5,8,13,16-17H,1-3,6-7,9-12,14-15H2,(H,21,26). The third kappa shape index (κ3) is 3.84. The number of urea groups is 1. The van der Waals surface area contributed by atoms with E-state index in [1.54, 1.807) is 0 Å². The number of fused-ring (bicyclic) bond motifs is 1. The number of pyridine rings is 1. The number of hydrogen-bond donors (Lipinski definition) is 1. The van der Waals surface area contributed by atoms with E-state index in [4.69, 9.17) is 0 Å². The molecule has 0 bridgehead atoms. The highest BCUT2D eigenvalue weighted by atomic mass is 16.2. The van der Waals surface area contributed by atoms with Crippen LogP contribution in [-0.2, 0) is 0 Å². The predicted octanol–water partition coefficient (Wildman–Crippen LogP) is 3.59. The summed E-state index contributed by atoms with van der Waals surface area (Å²) in [4.78, 5) is 14.4. The van der Waals surface area contributed by atoms with E-state index >= 15 is 0 Å². The molecule has 6 nitrogen and oxygen atoms in total. The monoisotopic (exact) mass is 355 g/mol. The van der Waals surface area contributed by atoms with E-state index in [0.29, 0.717) is 5.92 Å². The van der Waals surface area contributed by atoms with Gasteiger partial charge < -0.3 is 10.2 Å². The number of likely N-dealkylation sites (tertiary alicyclic amines) is 1. The van der Waals surface area contributed by atoms with Gasteiger partial charge in [-0.2, -0.15) is 0 Å². The van der Waals surface area contributed by atoms with E-state index < -0.39 is 0 Å². The lowest BCUT2D eigenvalue weighted by atomic mass is 9.87. The van der Waals surface area contributed by atoms with Crippen LogP contribution >= 0.6 is 0 Å². The van der Waals surface area contributed by atoms with Gasteiger partial charge in [-0.05, 0) is 37.3 Å². The fourth-order valence-electron chi connectivity index (χ4n) is 4.45. The molecule has 0 spiro atoms. The van der Waals surface area contributed by atoms with Gasteiger partial charge in [0.25, 0.3) is 0 Å². The van der Waals surface area contributed by atoms with Crippen LogP contribution in [0.5, 0.6) is 0 Å². The smallest absolute Gasteiger partial charge is 0.317 e. The fourth-order valence-corrected chi connectivity index (χ4v) is 4.45. The number of nitrogens with zero attached hydrogens (tertiary/aromatic N) is 4. The van der Waals surface area contributed by atoms with E-state index in [1.807, 2.05) is 29.3 Å². The molecule has 1 saturated carbocycles. The molecule has 0 aromatic carbocycles. The minimum Gasteiger partial charge on any atom is -0.338 e. The van der Waals surface area contributed by atoms with Gasteiger partial charge in [-0.15, -0.1) is 10.2 Å². The molecule has 0 radical (unpaired) electrons. The summed E-state index contributed by atoms with van der Waals surface area (Å²) in [5, 5.41) is 11.8. The van der Waals surface area contributed by atoms with Crippen LogP contribution in [0.15, 0.2) is 24.4 Å². The molecule has 2 aliphatic rings. The zero-order valence-corrected chi connectivity index (χ0v) is 15.4. The molecular weight excluding hydrogens is 326 g/mol. The molecule has 2 aromatic heterocycles. The maximum atomic E-state index is 12.4. The fraction of sp³-hybridized carbons (Fsp3) is 0.650. The molecule has 140 valence electrons. The average molecular weight is 355 g/mol. The van der Waals surface area contributed by atoms with Crippen molar-refractivity contribution in [1.29, 1.82) is 0 Å². The second-order valence-corrected chi connectivity index (χ2v) is 7.77. The average Bonchev–Trinajstić information content (AvgIpc) is 3.13. The van der Waals surface area contributed by atoms with Crippen molar-refractivity contribution in [2.75, 3.05) is 19.6 Å². The largest absolute Gasteiger partial charge is 0.338 e. The van der Waals surface area contributed by atoms with E-state index in [-0.39, 0.29) is 6.03 Å². The number of piperidine rings is 1. The van der Waals surface area contributed by atoms with E-state index in [0.717, 1.165) is 56.3 Å². The van der Waals surface area contributed by atoms with Crippen LogP contribution in [-0.4, -0.2) is 45.2 Å². The van der Waals surface area contributed by atoms with Gasteiger partial charge in [-0.1, -0.05) is 38.2 Å². The molecule has 3 heterocycles. The lowest BCUT2D eigenvalue weighted by molar-refractivity contribution is 0.179. The summed E-state index contributed by atoms with van der Waals surface area (Å²) in [6, 6.07) is 6.07. The zero-order chi connectivity index (χ0) is 17.8. The van der Waals surface area contributed by atoms with Gasteiger partial charge in [0.15, 0.2) is 5.65 Å². The van der Waals surface area contributed by atoms with Gasteiger partial charge in [-0.3, -0.25) is 4.40 Å². The number of aromatic nitrogens is 3. The predicted molar refractivity (Wildman–Crippen MR) is 101 cm³/mol. The first-order valence-corrected chi connectivity index (χ1v) is 10.1. The van der Waals surface area contributed by atoms with Crippen molar-refractivity contribution in [1.82, 2.24) is 24.8 Å². The molecule has 0 unspecified atom stereocenters. The van der Waals surface area contributed by atoms with Crippen molar-refractivity contribution in [2.45, 2.75) is 57.3 Å². The molecule has 1 aliphatic heterocycles. The Morgan fingerprint density at radius 2 is 1.88 bits per heavy atom. The van der Waals surface area contributed by atoms with Crippen LogP contribution in [0.3, 0.4) is 0 Å². The Labute approximate surface area is 155 Å². The van der Waals surface area contributed by atoms with Gasteiger partial charge in [-0.25, -0.2) is 4.79 Å². The van der Waals surface area contributed by atoms with Crippen LogP contribution in [0.2, 0.25) is 0 Å². The number of rotatable bonds is 4. The highest BCUT2D eigenvalue weighted by Crippen LogP contribution is 2.27. The van der Waals surface area contributed by atoms with Gasteiger partial charge in [0.05, 0.1) is 0 Å². The summed E-state index contributed by atoms with van der Waals surface area (Å²) >= 11 is 0. The van der Waals surface area contributed by atoms with Crippen LogP contribution in [0.4, 0.5) is 4.79 Å². The van der Waals surface area contributed by atoms with E-state index in [1.165, 1.54) is 32.1 Å². The normalized spacial score (nSPS) is 19.8. The summed E-state index contributed by atoms with van der Waals surface area (Å²) in [5.74, 6) is 2.22. The van der Waals surface area contributed by atoms with E-state index in [9.17, 15) is 4.79 Å². The minimum atomic E-state index is 0.102. The Morgan fingerprint density at radius 1 is 1.08 bits per heavy atom. The van der Waals surface area contributed by atoms with Crippen molar-refractivity contribution < 1.29 is 4.79 Å². The Hall–Kier alpha value is -2.11. The van der Waals surface area contributed by atoms with Crippen molar-refractivity contribution in [3.05, 3.63) is 30.2 Å². The molecule has 2 amide bonds. The number of nitrogens with one attached hydrogen (secondary N) is 1. The Bertz CT molecular complexity index is 729. The van der Waals surface area contributed by atoms with Gasteiger partial charge in [0.2, 0.25) is 0 Å². The molecule has 1 saturated heterocycles. The van der Waals surface area contributed by atoms with Crippen molar-refractivity contribution in [2.24, 2.45) is 5.92 Å². The Kier molecular flexibility index (Phi) is 5.37. The number of carbonyl (C=O) groups excluding carboxylic acids is 1. The van der Waals surface area contributed by atoms with Crippen LogP contribution < -0.4 is 5.32 Å². The number of hydrogen-bond acceptors (Lipinski definition) is 3. The summed E-state index contributed by atoms with van der Waals surface area (Å²) < 4.78 is 2.07. The van der Waals surface area contributed by atoms with Crippen LogP contribution in [0, 0.1) is 5.92 Å². The highest BCUT2D eigenvalue weighted by Gasteiger charge is 2.26. The molecule has 4 rings (SSSR count). The third-order valence-electron chi connectivity index (χ3n) is 6.04. The second-order valence-electron chi connectivity index (χ2n) is 7.77. The summed E-state index contributed by atoms with van der Waals surface area (Å²) in [6.07, 6.45) is 11.9. The zero-order valence-electron chi connectivity index (χ0n) is 15.4. The molecule has 26 heavy (non-hydrogen) atoms. The van der Waals surface area contributed by atoms with Crippen LogP contribution in [0.25, 0.3) is 5.65 Å². The molecule has 2 fully saturated rings. The van der Waals surface area contributed by atoms with Gasteiger partial charge >= 0.3 is 6.03 Å². The Balaban J connectivity index is 1.24. The second kappa shape index (κ2) is 8.06. The Morgan fingerprint density at radius 3 is 2.69 bits per heavy atom. The number of carbonyl (C=O) groups is 1. The van der Waals surface area contributed by atoms with Crippen molar-refractivity contribution in [3.63, 3.8) is 0 Å². The lowest BCUT2D eigenvalue weighted by Crippen LogP contribution is -2.44. The molecule has 1 aliphatic carbocycles. The van der Waals surface area contributed by atoms with E-state index in [2.05, 4.69) is 19.9 Å². The van der Waals surface area contributed by atoms with Crippen molar-refractivity contribution in [3.8, 4) is 0 Å². The van der Waals surface area contributed by atoms with Gasteiger partial charge in [0, 0.05) is 31.7 Å². The first-order valence-electron chi connectivity index (χ1n) is 10.1. The maximum Gasteiger partial charge on any atom is 0.317 e. The first-order chi connectivity index (χ1) is 12.8. The molecule has 0 atom stereocenters. The maximum absolute atomic E-state index is 12.4. The molecule has 6 heteroatoms. The van der Waals surface area contributed by atoms with Gasteiger partial charge in [0.1, 0.15) is 5.82 Å². The van der Waals surface area contributed by atoms with Crippen molar-refractivity contribution >= 4 is 11.7 Å². The molecule has 2 aromatic rings. The molecule has 1 N–H and O–H groups in total. The quantitative estimate of drug-likeness (QED) is 0.912. The summed E-state index contributed by atoms with van der Waals surface area (Å²) in [6.45, 7) is 2.40. The topological polar surface area (TPSA) is 62.5 Å². The molecular formula is C20H29N5O.